The van der Waals surface area contributed by atoms with Crippen LogP contribution in [0.1, 0.15) is 60.5 Å². The topological polar surface area (TPSA) is 44.7 Å². The molecule has 1 N–H and O–H groups in total. The van der Waals surface area contributed by atoms with E-state index in [0.717, 1.165) is 43.9 Å². The summed E-state index contributed by atoms with van der Waals surface area (Å²) in [5, 5.41) is 2.56. The van der Waals surface area contributed by atoms with Crippen LogP contribution in [0.4, 0.5) is 14.5 Å². The van der Waals surface area contributed by atoms with E-state index < -0.39 is 23.1 Å². The second kappa shape index (κ2) is 14.8. The lowest BCUT2D eigenvalue weighted by Gasteiger charge is -2.31. The summed E-state index contributed by atoms with van der Waals surface area (Å²) in [6.07, 6.45) is 9.57. The molecule has 0 unspecified atom stereocenters. The first-order valence-corrected chi connectivity index (χ1v) is 11.6. The molecule has 0 saturated carbocycles. The lowest BCUT2D eigenvalue weighted by Crippen LogP contribution is -2.34. The molecule has 0 aliphatic carbocycles. The summed E-state index contributed by atoms with van der Waals surface area (Å²) in [7, 11) is 0. The van der Waals surface area contributed by atoms with Crippen LogP contribution in [0.3, 0.4) is 0 Å². The van der Waals surface area contributed by atoms with Crippen molar-refractivity contribution in [2.45, 2.75) is 54.9 Å². The molecule has 1 aromatic rings. The molecule has 0 atom stereocenters. The number of benzene rings is 1. The Kier molecular flexibility index (Phi) is 12.5. The molecule has 1 aliphatic heterocycles. The highest BCUT2D eigenvalue weighted by molar-refractivity contribution is 6.06. The number of carbonyl (C=O) groups excluding carboxylic acids is 1. The number of nitrogens with one attached hydrogen (secondary N) is 1. The van der Waals surface area contributed by atoms with E-state index in [1.807, 2.05) is 58.1 Å². The number of nitrogens with zero attached hydrogens (tertiary/aromatic N) is 2. The minimum absolute atomic E-state index is 0.471. The van der Waals surface area contributed by atoms with E-state index in [1.165, 1.54) is 18.1 Å². The maximum atomic E-state index is 13.8. The monoisotopic (exact) mass is 469 g/mol. The number of hydrogen-bond donors (Lipinski definition) is 1. The molecule has 1 aromatic carbocycles. The molecule has 1 amide bonds. The summed E-state index contributed by atoms with van der Waals surface area (Å²) in [4.78, 5) is 19.1. The first-order chi connectivity index (χ1) is 16.3. The molecule has 2 rings (SSSR count). The number of hydrogen-bond acceptors (Lipinski definition) is 2. The van der Waals surface area contributed by atoms with Gasteiger partial charge < -0.3 is 10.2 Å². The standard InChI is InChI=1S/C26H31F2N3O.C2H6/c1-6-8-9-15-29-20(5)31-16-14-18(3)23(17-31)21-10-12-22(13-11-21)30-26(32)25(19(4)27)24(28)7-2;1-2/h6-13,15H,14,16-17H2,1-5H3,(H,30,32);1-2H3/b8-6+,15-9-,24-7+,25-19-,29-20?;. The Balaban J connectivity index is 0.00000281. The summed E-state index contributed by atoms with van der Waals surface area (Å²) >= 11 is 0. The minimum atomic E-state index is -0.889. The van der Waals surface area contributed by atoms with Crippen molar-refractivity contribution >= 4 is 23.0 Å². The second-order valence-electron chi connectivity index (χ2n) is 7.55. The van der Waals surface area contributed by atoms with Gasteiger partial charge in [0.05, 0.1) is 0 Å². The lowest BCUT2D eigenvalue weighted by atomic mass is 9.94. The van der Waals surface area contributed by atoms with Crippen molar-refractivity contribution in [1.29, 1.82) is 0 Å². The van der Waals surface area contributed by atoms with Gasteiger partial charge in [-0.1, -0.05) is 49.8 Å². The highest BCUT2D eigenvalue weighted by Gasteiger charge is 2.20. The fourth-order valence-corrected chi connectivity index (χ4v) is 3.39. The van der Waals surface area contributed by atoms with Crippen LogP contribution in [-0.2, 0) is 4.79 Å². The third-order valence-corrected chi connectivity index (χ3v) is 5.28. The normalized spacial score (nSPS) is 16.0. The van der Waals surface area contributed by atoms with Crippen LogP contribution < -0.4 is 5.32 Å². The van der Waals surface area contributed by atoms with Gasteiger partial charge >= 0.3 is 0 Å². The highest BCUT2D eigenvalue weighted by Crippen LogP contribution is 2.28. The van der Waals surface area contributed by atoms with Crippen molar-refractivity contribution < 1.29 is 13.6 Å². The van der Waals surface area contributed by atoms with Crippen LogP contribution in [0.5, 0.6) is 0 Å². The van der Waals surface area contributed by atoms with Crippen LogP contribution in [0, 0.1) is 0 Å². The van der Waals surface area contributed by atoms with Crippen LogP contribution in [-0.4, -0.2) is 29.7 Å². The van der Waals surface area contributed by atoms with Crippen molar-refractivity contribution in [3.63, 3.8) is 0 Å². The Morgan fingerprint density at radius 3 is 2.29 bits per heavy atom. The van der Waals surface area contributed by atoms with Gasteiger partial charge in [-0.25, -0.2) is 13.8 Å². The van der Waals surface area contributed by atoms with E-state index in [0.29, 0.717) is 5.69 Å². The van der Waals surface area contributed by atoms with Gasteiger partial charge in [0.1, 0.15) is 23.1 Å². The van der Waals surface area contributed by atoms with Crippen LogP contribution in [0.15, 0.2) is 82.6 Å². The number of allylic oxidation sites excluding steroid dienone is 5. The van der Waals surface area contributed by atoms with Gasteiger partial charge in [0.2, 0.25) is 0 Å². The molecule has 0 saturated heterocycles. The quantitative estimate of drug-likeness (QED) is 0.200. The Morgan fingerprint density at radius 2 is 1.74 bits per heavy atom. The van der Waals surface area contributed by atoms with Crippen molar-refractivity contribution in [1.82, 2.24) is 4.90 Å². The smallest absolute Gasteiger partial charge is 0.261 e. The predicted molar refractivity (Wildman–Crippen MR) is 141 cm³/mol. The number of aliphatic imine (C=N–C) groups is 1. The van der Waals surface area contributed by atoms with Crippen LogP contribution in [0.2, 0.25) is 0 Å². The fraction of sp³-hybridized carbons (Fsp3) is 0.357. The fourth-order valence-electron chi connectivity index (χ4n) is 3.39. The van der Waals surface area contributed by atoms with E-state index in [4.69, 9.17) is 0 Å². The molecule has 0 radical (unpaired) electrons. The average molecular weight is 470 g/mol. The molecular formula is C28H37F2N3O. The number of halogens is 2. The van der Waals surface area contributed by atoms with Gasteiger partial charge in [-0.15, -0.1) is 0 Å². The third-order valence-electron chi connectivity index (χ3n) is 5.28. The van der Waals surface area contributed by atoms with Crippen molar-refractivity contribution in [3.05, 3.63) is 83.1 Å². The number of anilines is 1. The largest absolute Gasteiger partial charge is 0.356 e. The van der Waals surface area contributed by atoms with Crippen molar-refractivity contribution in [2.75, 3.05) is 18.4 Å². The van der Waals surface area contributed by atoms with Gasteiger partial charge in [0.15, 0.2) is 0 Å². The molecular weight excluding hydrogens is 432 g/mol. The zero-order chi connectivity index (χ0) is 25.7. The number of amides is 1. The minimum Gasteiger partial charge on any atom is -0.356 e. The van der Waals surface area contributed by atoms with Crippen molar-refractivity contribution in [3.8, 4) is 0 Å². The number of carbonyl (C=O) groups is 1. The third kappa shape index (κ3) is 8.25. The predicted octanol–water partition coefficient (Wildman–Crippen LogP) is 7.76. The molecule has 0 spiro atoms. The Hall–Kier alpha value is -3.28. The maximum Gasteiger partial charge on any atom is 0.261 e. The zero-order valence-electron chi connectivity index (χ0n) is 21.4. The van der Waals surface area contributed by atoms with Gasteiger partial charge in [-0.3, -0.25) is 4.79 Å². The molecule has 1 heterocycles. The molecule has 0 bridgehead atoms. The van der Waals surface area contributed by atoms with Gasteiger partial charge in [0.25, 0.3) is 5.91 Å². The molecule has 0 aromatic heterocycles. The Bertz CT molecular complexity index is 1010. The van der Waals surface area contributed by atoms with E-state index in [-0.39, 0.29) is 0 Å². The molecule has 0 fully saturated rings. The lowest BCUT2D eigenvalue weighted by molar-refractivity contribution is -0.112. The van der Waals surface area contributed by atoms with Crippen LogP contribution in [0.25, 0.3) is 5.57 Å². The van der Waals surface area contributed by atoms with E-state index >= 15 is 0 Å². The average Bonchev–Trinajstić information content (AvgIpc) is 2.83. The SMILES string of the molecule is C/C=C/C=C\N=C(C)N1CCC(C)=C(c2ccc(NC(=O)C(/C(F)=C\C)=C(/C)F)cc2)C1.CC. The highest BCUT2D eigenvalue weighted by atomic mass is 19.1. The Labute approximate surface area is 203 Å². The van der Waals surface area contributed by atoms with E-state index in [2.05, 4.69) is 22.1 Å². The number of rotatable bonds is 6. The molecule has 184 valence electrons. The number of amidine groups is 1. The molecule has 4 nitrogen and oxygen atoms in total. The second-order valence-corrected chi connectivity index (χ2v) is 7.55. The van der Waals surface area contributed by atoms with Gasteiger partial charge in [0, 0.05) is 25.0 Å². The Morgan fingerprint density at radius 1 is 1.09 bits per heavy atom. The van der Waals surface area contributed by atoms with Gasteiger partial charge in [-0.2, -0.15) is 0 Å². The van der Waals surface area contributed by atoms with Gasteiger partial charge in [-0.05, 0) is 70.4 Å². The molecule has 1 aliphatic rings. The summed E-state index contributed by atoms with van der Waals surface area (Å²) < 4.78 is 27.5. The zero-order valence-corrected chi connectivity index (χ0v) is 21.4. The van der Waals surface area contributed by atoms with E-state index in [9.17, 15) is 13.6 Å². The summed E-state index contributed by atoms with van der Waals surface area (Å²) in [6, 6.07) is 7.31. The summed E-state index contributed by atoms with van der Waals surface area (Å²) in [5.74, 6) is -1.62. The van der Waals surface area contributed by atoms with Crippen LogP contribution >= 0.6 is 0 Å². The van der Waals surface area contributed by atoms with E-state index in [1.54, 1.807) is 18.3 Å². The summed E-state index contributed by atoms with van der Waals surface area (Å²) in [5.41, 5.74) is 3.44. The molecule has 6 heteroatoms. The summed E-state index contributed by atoms with van der Waals surface area (Å²) in [6.45, 7) is 14.2. The van der Waals surface area contributed by atoms with Crippen molar-refractivity contribution in [2.24, 2.45) is 4.99 Å². The maximum absolute atomic E-state index is 13.8. The molecule has 34 heavy (non-hydrogen) atoms. The first-order valence-electron chi connectivity index (χ1n) is 11.6. The first kappa shape index (κ1) is 28.8.